The van der Waals surface area contributed by atoms with Crippen molar-refractivity contribution in [3.8, 4) is 0 Å². The summed E-state index contributed by atoms with van der Waals surface area (Å²) in [5, 5.41) is 7.07. The van der Waals surface area contributed by atoms with Gasteiger partial charge in [0.05, 0.1) is 0 Å². The van der Waals surface area contributed by atoms with Crippen molar-refractivity contribution in [1.29, 1.82) is 0 Å². The molecule has 0 amide bonds. The predicted molar refractivity (Wildman–Crippen MR) is 105 cm³/mol. The highest BCUT2D eigenvalue weighted by Gasteiger charge is 1.98. The lowest BCUT2D eigenvalue weighted by molar-refractivity contribution is 0.810. The number of hydrogen-bond donors (Lipinski definition) is 2. The lowest BCUT2D eigenvalue weighted by Gasteiger charge is -2.11. The van der Waals surface area contributed by atoms with Gasteiger partial charge in [0.1, 0.15) is 5.15 Å². The topological polar surface area (TPSA) is 49.3 Å². The Balaban J connectivity index is 0.00000400. The molecule has 1 rings (SSSR count). The normalized spacial score (nSPS) is 10.7. The number of rotatable bonds is 8. The number of guanidine groups is 1. The Bertz CT molecular complexity index is 425. The monoisotopic (exact) mass is 440 g/mol. The maximum atomic E-state index is 5.75. The van der Waals surface area contributed by atoms with Crippen molar-refractivity contribution in [2.45, 2.75) is 6.42 Å². The molecule has 2 N–H and O–H groups in total. The Morgan fingerprint density at radius 1 is 1.43 bits per heavy atom. The lowest BCUT2D eigenvalue weighted by Crippen LogP contribution is -2.39. The minimum absolute atomic E-state index is 0. The van der Waals surface area contributed by atoms with E-state index < -0.39 is 0 Å². The fourth-order valence-electron chi connectivity index (χ4n) is 1.51. The molecule has 0 fully saturated rings. The fraction of sp³-hybridized carbons (Fsp3) is 0.429. The molecule has 0 aliphatic carbocycles. The van der Waals surface area contributed by atoms with Crippen molar-refractivity contribution in [2.75, 3.05) is 31.6 Å². The molecule has 0 aromatic carbocycles. The van der Waals surface area contributed by atoms with Gasteiger partial charge >= 0.3 is 0 Å². The summed E-state index contributed by atoms with van der Waals surface area (Å²) in [6.45, 7) is 5.39. The molecule has 0 bridgehead atoms. The Hall–Kier alpha value is -0.470. The summed E-state index contributed by atoms with van der Waals surface area (Å²) in [5.74, 6) is 2.84. The summed E-state index contributed by atoms with van der Waals surface area (Å²) in [6.07, 6.45) is 4.60. The molecule has 0 radical (unpaired) electrons. The van der Waals surface area contributed by atoms with Gasteiger partial charge in [-0.15, -0.1) is 30.6 Å². The first-order chi connectivity index (χ1) is 9.76. The molecule has 1 aromatic rings. The van der Waals surface area contributed by atoms with E-state index in [0.717, 1.165) is 42.5 Å². The Kier molecular flexibility index (Phi) is 12.9. The summed E-state index contributed by atoms with van der Waals surface area (Å²) >= 11 is 7.59. The maximum Gasteiger partial charge on any atom is 0.191 e. The molecule has 4 nitrogen and oxygen atoms in total. The number of nitrogens with one attached hydrogen (secondary N) is 2. The van der Waals surface area contributed by atoms with Crippen molar-refractivity contribution in [3.05, 3.63) is 41.7 Å². The highest BCUT2D eigenvalue weighted by atomic mass is 127. The van der Waals surface area contributed by atoms with Crippen LogP contribution in [0.3, 0.4) is 0 Å². The van der Waals surface area contributed by atoms with Crippen molar-refractivity contribution in [3.63, 3.8) is 0 Å². The van der Waals surface area contributed by atoms with Crippen molar-refractivity contribution >= 4 is 53.3 Å². The van der Waals surface area contributed by atoms with Crippen molar-refractivity contribution in [2.24, 2.45) is 4.99 Å². The van der Waals surface area contributed by atoms with Crippen molar-refractivity contribution in [1.82, 2.24) is 15.6 Å². The van der Waals surface area contributed by atoms with Crippen LogP contribution in [0.15, 0.2) is 36.0 Å². The third-order valence-corrected chi connectivity index (χ3v) is 3.68. The maximum absolute atomic E-state index is 5.75. The second-order valence-electron chi connectivity index (χ2n) is 4.03. The van der Waals surface area contributed by atoms with Crippen LogP contribution in [0.2, 0.25) is 5.15 Å². The summed E-state index contributed by atoms with van der Waals surface area (Å²) in [5.41, 5.74) is 1.15. The van der Waals surface area contributed by atoms with Crippen LogP contribution in [0.4, 0.5) is 0 Å². The fourth-order valence-corrected chi connectivity index (χ4v) is 2.20. The van der Waals surface area contributed by atoms with Gasteiger partial charge in [0.25, 0.3) is 0 Å². The first-order valence-electron chi connectivity index (χ1n) is 6.50. The van der Waals surface area contributed by atoms with Crippen LogP contribution in [0.25, 0.3) is 0 Å². The van der Waals surface area contributed by atoms with Crippen LogP contribution in [0, 0.1) is 0 Å². The van der Waals surface area contributed by atoms with E-state index in [1.165, 1.54) is 0 Å². The zero-order chi connectivity index (χ0) is 14.6. The third kappa shape index (κ3) is 9.97. The molecule has 0 spiro atoms. The first kappa shape index (κ1) is 20.5. The molecule has 0 aliphatic rings. The molecular weight excluding hydrogens is 419 g/mol. The molecule has 0 aliphatic heterocycles. The second-order valence-corrected chi connectivity index (χ2v) is 5.57. The predicted octanol–water partition coefficient (Wildman–Crippen LogP) is 2.98. The van der Waals surface area contributed by atoms with E-state index in [-0.39, 0.29) is 24.0 Å². The van der Waals surface area contributed by atoms with Crippen LogP contribution in [0.1, 0.15) is 5.56 Å². The largest absolute Gasteiger partial charge is 0.356 e. The molecule has 1 aromatic heterocycles. The molecule has 21 heavy (non-hydrogen) atoms. The number of halogens is 2. The summed E-state index contributed by atoms with van der Waals surface area (Å²) < 4.78 is 0. The minimum atomic E-state index is 0. The van der Waals surface area contributed by atoms with Gasteiger partial charge in [0.15, 0.2) is 5.96 Å². The van der Waals surface area contributed by atoms with Gasteiger partial charge in [-0.3, -0.25) is 4.99 Å². The molecule has 1 heterocycles. The molecular formula is C14H22ClIN4S. The number of aliphatic imine (C=N–C) groups is 1. The van der Waals surface area contributed by atoms with E-state index in [1.807, 2.05) is 23.9 Å². The molecule has 0 saturated heterocycles. The standard InChI is InChI=1S/C14H21ClN4S.HI/c1-3-9-20-10-8-18-14(16-2)17-7-6-12-4-5-13(15)19-11-12;/h3-5,11H,1,6-10H2,2H3,(H2,16,17,18);1H. The van der Waals surface area contributed by atoms with Gasteiger partial charge in [-0.2, -0.15) is 11.8 Å². The van der Waals surface area contributed by atoms with E-state index in [0.29, 0.717) is 5.15 Å². The van der Waals surface area contributed by atoms with Gasteiger partial charge < -0.3 is 10.6 Å². The SMILES string of the molecule is C=CCSCCNC(=NC)NCCc1ccc(Cl)nc1.I. The number of thioether (sulfide) groups is 1. The van der Waals surface area contributed by atoms with Crippen LogP contribution in [-0.2, 0) is 6.42 Å². The highest BCUT2D eigenvalue weighted by molar-refractivity contribution is 14.0. The average Bonchev–Trinajstić information content (AvgIpc) is 2.47. The molecule has 0 unspecified atom stereocenters. The molecule has 7 heteroatoms. The zero-order valence-corrected chi connectivity index (χ0v) is 16.0. The van der Waals surface area contributed by atoms with Crippen molar-refractivity contribution < 1.29 is 0 Å². The van der Waals surface area contributed by atoms with E-state index in [2.05, 4.69) is 27.2 Å². The first-order valence-corrected chi connectivity index (χ1v) is 8.03. The quantitative estimate of drug-likeness (QED) is 0.163. The summed E-state index contributed by atoms with van der Waals surface area (Å²) in [7, 11) is 1.77. The lowest BCUT2D eigenvalue weighted by atomic mass is 10.2. The van der Waals surface area contributed by atoms with Gasteiger partial charge in [-0.1, -0.05) is 23.7 Å². The third-order valence-electron chi connectivity index (χ3n) is 2.49. The Morgan fingerprint density at radius 3 is 2.81 bits per heavy atom. The smallest absolute Gasteiger partial charge is 0.191 e. The van der Waals surface area contributed by atoms with Gasteiger partial charge in [0, 0.05) is 37.8 Å². The van der Waals surface area contributed by atoms with Crippen LogP contribution < -0.4 is 10.6 Å². The number of hydrogen-bond acceptors (Lipinski definition) is 3. The number of nitrogens with zero attached hydrogens (tertiary/aromatic N) is 2. The second kappa shape index (κ2) is 13.2. The van der Waals surface area contributed by atoms with Gasteiger partial charge in [-0.05, 0) is 18.1 Å². The number of pyridine rings is 1. The summed E-state index contributed by atoms with van der Waals surface area (Å²) in [6, 6.07) is 3.79. The van der Waals surface area contributed by atoms with E-state index in [1.54, 1.807) is 19.3 Å². The van der Waals surface area contributed by atoms with E-state index in [9.17, 15) is 0 Å². The minimum Gasteiger partial charge on any atom is -0.356 e. The number of aromatic nitrogens is 1. The van der Waals surface area contributed by atoms with Crippen LogP contribution in [-0.4, -0.2) is 42.6 Å². The highest BCUT2D eigenvalue weighted by Crippen LogP contribution is 2.05. The average molecular weight is 441 g/mol. The molecule has 0 atom stereocenters. The van der Waals surface area contributed by atoms with Gasteiger partial charge in [0.2, 0.25) is 0 Å². The molecule has 0 saturated carbocycles. The van der Waals surface area contributed by atoms with Crippen LogP contribution in [0.5, 0.6) is 0 Å². The summed E-state index contributed by atoms with van der Waals surface area (Å²) in [4.78, 5) is 8.24. The Labute approximate surface area is 153 Å². The Morgan fingerprint density at radius 2 is 2.19 bits per heavy atom. The van der Waals surface area contributed by atoms with Gasteiger partial charge in [-0.25, -0.2) is 4.98 Å². The van der Waals surface area contributed by atoms with E-state index in [4.69, 9.17) is 11.6 Å². The van der Waals surface area contributed by atoms with E-state index >= 15 is 0 Å². The van der Waals surface area contributed by atoms with Crippen LogP contribution >= 0.6 is 47.3 Å². The molecule has 118 valence electrons. The zero-order valence-electron chi connectivity index (χ0n) is 12.1.